The molecule has 3 aromatic rings. The number of methoxy groups -OCH3 is 1. The van der Waals surface area contributed by atoms with Crippen LogP contribution >= 0.6 is 0 Å². The molecule has 3 aromatic carbocycles. The largest absolute Gasteiger partial charge is 0.497 e. The molecule has 0 spiro atoms. The smallest absolute Gasteiger partial charge is 0.259 e. The number of ether oxygens (including phenoxy) is 1. The molecule has 0 radical (unpaired) electrons. The van der Waals surface area contributed by atoms with Crippen LogP contribution in [0.4, 0.5) is 11.4 Å². The van der Waals surface area contributed by atoms with Crippen molar-refractivity contribution in [3.8, 4) is 5.75 Å². The van der Waals surface area contributed by atoms with Crippen LogP contribution in [0.25, 0.3) is 0 Å². The third-order valence-electron chi connectivity index (χ3n) is 5.75. The summed E-state index contributed by atoms with van der Waals surface area (Å²) in [6.45, 7) is 1.97. The Balaban J connectivity index is 1.61. The number of para-hydroxylation sites is 1. The number of imide groups is 1. The average molecular weight is 411 g/mol. The minimum absolute atomic E-state index is 0.258. The summed E-state index contributed by atoms with van der Waals surface area (Å²) in [7, 11) is 1.61. The second kappa shape index (κ2) is 7.40. The second-order valence-electron chi connectivity index (χ2n) is 7.66. The van der Waals surface area contributed by atoms with Crippen LogP contribution in [-0.2, 0) is 9.59 Å². The van der Waals surface area contributed by atoms with E-state index in [1.807, 2.05) is 85.8 Å². The first-order valence-corrected chi connectivity index (χ1v) is 10.1. The molecule has 0 unspecified atom stereocenters. The van der Waals surface area contributed by atoms with Crippen LogP contribution in [0.1, 0.15) is 11.1 Å². The molecule has 0 N–H and O–H groups in total. The van der Waals surface area contributed by atoms with E-state index in [1.54, 1.807) is 12.1 Å². The Hall–Kier alpha value is -3.93. The SMILES string of the molecule is COc1ccc(C2=NN(c3ccccc3)[C@H]3C(=O)N(c4ccc(C)cc4)C(=O)[C@H]23)cc1. The number of carbonyl (C=O) groups excluding carboxylic acids is 2. The van der Waals surface area contributed by atoms with Gasteiger partial charge >= 0.3 is 0 Å². The van der Waals surface area contributed by atoms with Crippen LogP contribution < -0.4 is 14.6 Å². The van der Waals surface area contributed by atoms with E-state index in [-0.39, 0.29) is 11.8 Å². The van der Waals surface area contributed by atoms with Gasteiger partial charge in [0.25, 0.3) is 5.91 Å². The molecule has 2 aliphatic rings. The van der Waals surface area contributed by atoms with E-state index in [9.17, 15) is 9.59 Å². The number of hydrogen-bond donors (Lipinski definition) is 0. The van der Waals surface area contributed by atoms with Crippen LogP contribution in [-0.4, -0.2) is 30.7 Å². The van der Waals surface area contributed by atoms with Crippen LogP contribution in [0.15, 0.2) is 84.0 Å². The summed E-state index contributed by atoms with van der Waals surface area (Å²) in [4.78, 5) is 28.3. The Labute approximate surface area is 180 Å². The molecule has 0 saturated carbocycles. The van der Waals surface area contributed by atoms with Crippen molar-refractivity contribution in [2.75, 3.05) is 17.0 Å². The first-order valence-electron chi connectivity index (χ1n) is 10.1. The Bertz CT molecular complexity index is 1170. The van der Waals surface area contributed by atoms with Gasteiger partial charge in [0.1, 0.15) is 17.7 Å². The number of anilines is 2. The molecule has 31 heavy (non-hydrogen) atoms. The van der Waals surface area contributed by atoms with E-state index in [2.05, 4.69) is 0 Å². The molecule has 6 heteroatoms. The molecule has 2 heterocycles. The summed E-state index contributed by atoms with van der Waals surface area (Å²) in [6.07, 6.45) is 0. The summed E-state index contributed by atoms with van der Waals surface area (Å²) >= 11 is 0. The molecular weight excluding hydrogens is 390 g/mol. The van der Waals surface area contributed by atoms with E-state index in [0.29, 0.717) is 17.1 Å². The lowest BCUT2D eigenvalue weighted by atomic mass is 9.92. The fourth-order valence-electron chi connectivity index (χ4n) is 4.16. The van der Waals surface area contributed by atoms with E-state index >= 15 is 0 Å². The summed E-state index contributed by atoms with van der Waals surface area (Å²) in [5, 5.41) is 6.43. The number of nitrogens with zero attached hydrogens (tertiary/aromatic N) is 3. The molecule has 2 aliphatic heterocycles. The quantitative estimate of drug-likeness (QED) is 0.613. The lowest BCUT2D eigenvalue weighted by Crippen LogP contribution is -2.39. The van der Waals surface area contributed by atoms with Crippen molar-refractivity contribution in [1.82, 2.24) is 0 Å². The Morgan fingerprint density at radius 1 is 0.806 bits per heavy atom. The topological polar surface area (TPSA) is 62.2 Å². The zero-order valence-corrected chi connectivity index (χ0v) is 17.2. The van der Waals surface area contributed by atoms with Gasteiger partial charge in [-0.25, -0.2) is 4.90 Å². The highest BCUT2D eigenvalue weighted by Crippen LogP contribution is 2.39. The number of benzene rings is 3. The zero-order chi connectivity index (χ0) is 21.5. The van der Waals surface area contributed by atoms with Gasteiger partial charge in [0.2, 0.25) is 5.91 Å². The maximum atomic E-state index is 13.5. The lowest BCUT2D eigenvalue weighted by molar-refractivity contribution is -0.121. The van der Waals surface area contributed by atoms with Crippen LogP contribution in [0.3, 0.4) is 0 Å². The summed E-state index contributed by atoms with van der Waals surface area (Å²) in [5.74, 6) is -0.488. The van der Waals surface area contributed by atoms with Crippen LogP contribution in [0.2, 0.25) is 0 Å². The summed E-state index contributed by atoms with van der Waals surface area (Å²) in [5.41, 5.74) is 3.80. The molecule has 0 aliphatic carbocycles. The number of aryl methyl sites for hydroxylation is 1. The third-order valence-corrected chi connectivity index (χ3v) is 5.75. The zero-order valence-electron chi connectivity index (χ0n) is 17.2. The molecule has 1 saturated heterocycles. The molecule has 0 bridgehead atoms. The third kappa shape index (κ3) is 3.08. The highest BCUT2D eigenvalue weighted by molar-refractivity contribution is 6.34. The number of carbonyl (C=O) groups is 2. The van der Waals surface area contributed by atoms with Crippen molar-refractivity contribution in [3.63, 3.8) is 0 Å². The Morgan fingerprint density at radius 3 is 2.13 bits per heavy atom. The van der Waals surface area contributed by atoms with Crippen molar-refractivity contribution in [3.05, 3.63) is 90.0 Å². The number of amides is 2. The van der Waals surface area contributed by atoms with Crippen molar-refractivity contribution >= 4 is 28.9 Å². The van der Waals surface area contributed by atoms with Crippen LogP contribution in [0, 0.1) is 12.8 Å². The van der Waals surface area contributed by atoms with E-state index in [1.165, 1.54) is 4.90 Å². The van der Waals surface area contributed by atoms with Gasteiger partial charge in [0.05, 0.1) is 24.2 Å². The van der Waals surface area contributed by atoms with E-state index in [0.717, 1.165) is 16.8 Å². The second-order valence-corrected chi connectivity index (χ2v) is 7.66. The fraction of sp³-hybridized carbons (Fsp3) is 0.160. The molecule has 6 nitrogen and oxygen atoms in total. The fourth-order valence-corrected chi connectivity index (χ4v) is 4.16. The van der Waals surface area contributed by atoms with E-state index < -0.39 is 12.0 Å². The maximum Gasteiger partial charge on any atom is 0.259 e. The van der Waals surface area contributed by atoms with Gasteiger partial charge in [0, 0.05) is 0 Å². The monoisotopic (exact) mass is 411 g/mol. The van der Waals surface area contributed by atoms with Crippen molar-refractivity contribution in [2.24, 2.45) is 11.0 Å². The first kappa shape index (κ1) is 19.1. The van der Waals surface area contributed by atoms with Gasteiger partial charge in [-0.05, 0) is 61.0 Å². The standard InChI is InChI=1S/C25H21N3O3/c1-16-8-12-18(13-9-16)27-24(29)21-22(17-10-14-20(31-2)15-11-17)26-28(23(21)25(27)30)19-6-4-3-5-7-19/h3-15,21,23H,1-2H3/t21-,23-/m1/s1. The minimum atomic E-state index is -0.715. The molecule has 5 rings (SSSR count). The molecule has 2 atom stereocenters. The minimum Gasteiger partial charge on any atom is -0.497 e. The number of fused-ring (bicyclic) bond motifs is 1. The van der Waals surface area contributed by atoms with Gasteiger partial charge in [-0.1, -0.05) is 35.9 Å². The van der Waals surface area contributed by atoms with Crippen LogP contribution in [0.5, 0.6) is 5.75 Å². The van der Waals surface area contributed by atoms with Crippen molar-refractivity contribution in [2.45, 2.75) is 13.0 Å². The number of rotatable bonds is 4. The number of hydrazone groups is 1. The van der Waals surface area contributed by atoms with Crippen molar-refractivity contribution < 1.29 is 14.3 Å². The summed E-state index contributed by atoms with van der Waals surface area (Å²) in [6, 6.07) is 23.6. The number of hydrogen-bond acceptors (Lipinski definition) is 5. The highest BCUT2D eigenvalue weighted by Gasteiger charge is 2.57. The summed E-state index contributed by atoms with van der Waals surface area (Å²) < 4.78 is 5.25. The maximum absolute atomic E-state index is 13.5. The molecule has 154 valence electrons. The van der Waals surface area contributed by atoms with E-state index in [4.69, 9.17) is 9.84 Å². The predicted octanol–water partition coefficient (Wildman–Crippen LogP) is 3.79. The Morgan fingerprint density at radius 2 is 1.48 bits per heavy atom. The van der Waals surface area contributed by atoms with Gasteiger partial charge < -0.3 is 4.74 Å². The first-order chi connectivity index (χ1) is 15.1. The molecule has 2 amide bonds. The normalized spacial score (nSPS) is 20.1. The lowest BCUT2D eigenvalue weighted by Gasteiger charge is -2.22. The average Bonchev–Trinajstić information content (AvgIpc) is 3.32. The highest BCUT2D eigenvalue weighted by atomic mass is 16.5. The molecule has 0 aromatic heterocycles. The van der Waals surface area contributed by atoms with Crippen molar-refractivity contribution in [1.29, 1.82) is 0 Å². The molecular formula is C25H21N3O3. The molecule has 1 fully saturated rings. The van der Waals surface area contributed by atoms with Gasteiger partial charge in [-0.15, -0.1) is 0 Å². The predicted molar refractivity (Wildman–Crippen MR) is 119 cm³/mol. The Kier molecular flexibility index (Phi) is 4.55. The van der Waals surface area contributed by atoms with Gasteiger partial charge in [-0.2, -0.15) is 5.10 Å². The van der Waals surface area contributed by atoms with Gasteiger partial charge in [0.15, 0.2) is 0 Å². The van der Waals surface area contributed by atoms with Gasteiger partial charge in [-0.3, -0.25) is 14.6 Å².